The zero-order valence-corrected chi connectivity index (χ0v) is 12.3. The Morgan fingerprint density at radius 3 is 2.52 bits per heavy atom. The molecule has 1 saturated heterocycles. The summed E-state index contributed by atoms with van der Waals surface area (Å²) >= 11 is 0. The van der Waals surface area contributed by atoms with Crippen molar-refractivity contribution in [2.75, 3.05) is 23.7 Å². The molecular formula is C17H21N3O. The van der Waals surface area contributed by atoms with Gasteiger partial charge in [0, 0.05) is 30.5 Å². The molecule has 0 bridgehead atoms. The molecule has 0 amide bonds. The second-order valence-corrected chi connectivity index (χ2v) is 5.80. The number of rotatable bonds is 2. The van der Waals surface area contributed by atoms with Crippen LogP contribution in [0.25, 0.3) is 0 Å². The van der Waals surface area contributed by atoms with Crippen molar-refractivity contribution in [2.24, 2.45) is 0 Å². The number of pyridine rings is 1. The first-order valence-corrected chi connectivity index (χ1v) is 7.33. The molecule has 1 fully saturated rings. The van der Waals surface area contributed by atoms with Gasteiger partial charge in [-0.3, -0.25) is 0 Å². The molecule has 0 saturated carbocycles. The average molecular weight is 283 g/mol. The Balaban J connectivity index is 1.79. The molecule has 1 aliphatic rings. The van der Waals surface area contributed by atoms with Crippen LogP contribution in [0.15, 0.2) is 42.6 Å². The first-order valence-electron chi connectivity index (χ1n) is 7.33. The van der Waals surface area contributed by atoms with Gasteiger partial charge in [-0.1, -0.05) is 18.2 Å². The molecule has 21 heavy (non-hydrogen) atoms. The minimum absolute atomic E-state index is 0.441. The fraction of sp³-hybridized carbons (Fsp3) is 0.353. The zero-order chi connectivity index (χ0) is 14.9. The number of aromatic nitrogens is 1. The van der Waals surface area contributed by atoms with Gasteiger partial charge < -0.3 is 15.7 Å². The van der Waals surface area contributed by atoms with Crippen LogP contribution in [0.2, 0.25) is 0 Å². The van der Waals surface area contributed by atoms with E-state index >= 15 is 0 Å². The van der Waals surface area contributed by atoms with Crippen LogP contribution in [0.5, 0.6) is 0 Å². The van der Waals surface area contributed by atoms with Gasteiger partial charge in [0.15, 0.2) is 0 Å². The number of nitrogens with zero attached hydrogens (tertiary/aromatic N) is 2. The lowest BCUT2D eigenvalue weighted by atomic mass is 9.84. The normalized spacial score (nSPS) is 17.7. The quantitative estimate of drug-likeness (QED) is 0.888. The predicted octanol–water partition coefficient (Wildman–Crippen LogP) is 2.46. The standard InChI is InChI=1S/C17H21N3O/c1-13-11-15(16(18)19-12-13)17(21)7-9-20(10-8-17)14-5-3-2-4-6-14/h2-6,11-12,21H,7-10H2,1H3,(H2,18,19). The Bertz CT molecular complexity index is 619. The van der Waals surface area contributed by atoms with E-state index in [1.54, 1.807) is 6.20 Å². The van der Waals surface area contributed by atoms with Gasteiger partial charge in [-0.15, -0.1) is 0 Å². The average Bonchev–Trinajstić information content (AvgIpc) is 2.51. The van der Waals surface area contributed by atoms with Gasteiger partial charge in [-0.05, 0) is 43.5 Å². The number of hydrogen-bond acceptors (Lipinski definition) is 4. The summed E-state index contributed by atoms with van der Waals surface area (Å²) in [5.41, 5.74) is 8.10. The number of aryl methyl sites for hydroxylation is 1. The van der Waals surface area contributed by atoms with Crippen LogP contribution in [-0.2, 0) is 5.60 Å². The first-order chi connectivity index (χ1) is 10.1. The third-order valence-electron chi connectivity index (χ3n) is 4.27. The van der Waals surface area contributed by atoms with Crippen molar-refractivity contribution < 1.29 is 5.11 Å². The van der Waals surface area contributed by atoms with E-state index in [9.17, 15) is 5.11 Å². The van der Waals surface area contributed by atoms with Crippen LogP contribution in [-0.4, -0.2) is 23.2 Å². The number of piperidine rings is 1. The highest BCUT2D eigenvalue weighted by atomic mass is 16.3. The summed E-state index contributed by atoms with van der Waals surface area (Å²) in [4.78, 5) is 6.48. The molecule has 1 aliphatic heterocycles. The molecule has 3 N–H and O–H groups in total. The molecular weight excluding hydrogens is 262 g/mol. The minimum atomic E-state index is -0.867. The lowest BCUT2D eigenvalue weighted by Gasteiger charge is -2.40. The number of hydrogen-bond donors (Lipinski definition) is 2. The maximum atomic E-state index is 11.0. The summed E-state index contributed by atoms with van der Waals surface area (Å²) in [5, 5.41) is 11.0. The van der Waals surface area contributed by atoms with Crippen molar-refractivity contribution in [3.05, 3.63) is 53.7 Å². The molecule has 0 aliphatic carbocycles. The SMILES string of the molecule is Cc1cnc(N)c(C2(O)CCN(c3ccccc3)CC2)c1. The van der Waals surface area contributed by atoms with Crippen LogP contribution >= 0.6 is 0 Å². The van der Waals surface area contributed by atoms with Crippen molar-refractivity contribution >= 4 is 11.5 Å². The monoisotopic (exact) mass is 283 g/mol. The maximum Gasteiger partial charge on any atom is 0.129 e. The van der Waals surface area contributed by atoms with Gasteiger partial charge in [-0.2, -0.15) is 0 Å². The first kappa shape index (κ1) is 13.9. The molecule has 2 heterocycles. The third-order valence-corrected chi connectivity index (χ3v) is 4.27. The number of aliphatic hydroxyl groups is 1. The van der Waals surface area contributed by atoms with E-state index in [1.807, 2.05) is 31.2 Å². The van der Waals surface area contributed by atoms with Crippen molar-refractivity contribution in [2.45, 2.75) is 25.4 Å². The summed E-state index contributed by atoms with van der Waals surface area (Å²) < 4.78 is 0. The molecule has 0 spiro atoms. The number of nitrogen functional groups attached to an aromatic ring is 1. The van der Waals surface area contributed by atoms with E-state index in [1.165, 1.54) is 5.69 Å². The second-order valence-electron chi connectivity index (χ2n) is 5.80. The molecule has 0 radical (unpaired) electrons. The lowest BCUT2D eigenvalue weighted by molar-refractivity contribution is 0.0122. The Kier molecular flexibility index (Phi) is 3.55. The van der Waals surface area contributed by atoms with Crippen LogP contribution in [0, 0.1) is 6.92 Å². The molecule has 1 aromatic heterocycles. The van der Waals surface area contributed by atoms with Crippen LogP contribution in [0.1, 0.15) is 24.0 Å². The predicted molar refractivity (Wildman–Crippen MR) is 85.2 cm³/mol. The summed E-state index contributed by atoms with van der Waals surface area (Å²) in [5.74, 6) is 0.441. The van der Waals surface area contributed by atoms with Gasteiger partial charge in [0.05, 0.1) is 5.60 Å². The van der Waals surface area contributed by atoms with Gasteiger partial charge in [0.1, 0.15) is 5.82 Å². The smallest absolute Gasteiger partial charge is 0.129 e. The van der Waals surface area contributed by atoms with E-state index < -0.39 is 5.60 Å². The molecule has 2 aromatic rings. The molecule has 4 heteroatoms. The molecule has 3 rings (SSSR count). The highest BCUT2D eigenvalue weighted by Crippen LogP contribution is 2.36. The van der Waals surface area contributed by atoms with Crippen LogP contribution in [0.4, 0.5) is 11.5 Å². The maximum absolute atomic E-state index is 11.0. The summed E-state index contributed by atoms with van der Waals surface area (Å²) in [6.45, 7) is 3.60. The van der Waals surface area contributed by atoms with E-state index in [2.05, 4.69) is 22.0 Å². The Hall–Kier alpha value is -2.07. The molecule has 4 nitrogen and oxygen atoms in total. The van der Waals surface area contributed by atoms with Crippen molar-refractivity contribution in [3.63, 3.8) is 0 Å². The number of nitrogens with two attached hydrogens (primary N) is 1. The molecule has 110 valence electrons. The summed E-state index contributed by atoms with van der Waals surface area (Å²) in [6.07, 6.45) is 3.07. The topological polar surface area (TPSA) is 62.4 Å². The van der Waals surface area contributed by atoms with Crippen LogP contribution in [0.3, 0.4) is 0 Å². The fourth-order valence-corrected chi connectivity index (χ4v) is 3.00. The van der Waals surface area contributed by atoms with E-state index in [4.69, 9.17) is 5.73 Å². The fourth-order valence-electron chi connectivity index (χ4n) is 3.00. The number of para-hydroxylation sites is 1. The van der Waals surface area contributed by atoms with Crippen molar-refractivity contribution in [3.8, 4) is 0 Å². The Morgan fingerprint density at radius 2 is 1.86 bits per heavy atom. The molecule has 0 unspecified atom stereocenters. The zero-order valence-electron chi connectivity index (χ0n) is 12.3. The van der Waals surface area contributed by atoms with Gasteiger partial charge in [-0.25, -0.2) is 4.98 Å². The molecule has 0 atom stereocenters. The lowest BCUT2D eigenvalue weighted by Crippen LogP contribution is -2.43. The minimum Gasteiger partial charge on any atom is -0.385 e. The Morgan fingerprint density at radius 1 is 1.19 bits per heavy atom. The number of benzene rings is 1. The number of anilines is 2. The Labute approximate surface area is 125 Å². The van der Waals surface area contributed by atoms with E-state index in [-0.39, 0.29) is 0 Å². The highest BCUT2D eigenvalue weighted by Gasteiger charge is 2.36. The van der Waals surface area contributed by atoms with Gasteiger partial charge >= 0.3 is 0 Å². The van der Waals surface area contributed by atoms with Crippen molar-refractivity contribution in [1.82, 2.24) is 4.98 Å². The molecule has 1 aromatic carbocycles. The highest BCUT2D eigenvalue weighted by molar-refractivity contribution is 5.49. The van der Waals surface area contributed by atoms with Crippen LogP contribution < -0.4 is 10.6 Å². The van der Waals surface area contributed by atoms with Gasteiger partial charge in [0.25, 0.3) is 0 Å². The third kappa shape index (κ3) is 2.72. The van der Waals surface area contributed by atoms with E-state index in [0.29, 0.717) is 18.7 Å². The second kappa shape index (κ2) is 5.37. The van der Waals surface area contributed by atoms with Crippen molar-refractivity contribution in [1.29, 1.82) is 0 Å². The van der Waals surface area contributed by atoms with Gasteiger partial charge in [0.2, 0.25) is 0 Å². The summed E-state index contributed by atoms with van der Waals surface area (Å²) in [7, 11) is 0. The summed E-state index contributed by atoms with van der Waals surface area (Å²) in [6, 6.07) is 12.3. The van der Waals surface area contributed by atoms with E-state index in [0.717, 1.165) is 24.2 Å². The largest absolute Gasteiger partial charge is 0.385 e.